The van der Waals surface area contributed by atoms with E-state index in [-0.39, 0.29) is 5.76 Å². The SMILES string of the molecule is O=C(/C=C(/C=C/c1ccc(N2CCOCC2)nc1)OB(F)F)/C=C/c1ccc(N2CCOCC2)nc1. The third-order valence-corrected chi connectivity index (χ3v) is 5.60. The largest absolute Gasteiger partial charge is 0.796 e. The number of ketones is 1. The molecule has 0 aromatic carbocycles. The van der Waals surface area contributed by atoms with E-state index in [0.29, 0.717) is 37.6 Å². The van der Waals surface area contributed by atoms with Crippen molar-refractivity contribution >= 4 is 37.0 Å². The van der Waals surface area contributed by atoms with Crippen LogP contribution in [-0.2, 0) is 18.9 Å². The van der Waals surface area contributed by atoms with E-state index in [9.17, 15) is 13.4 Å². The van der Waals surface area contributed by atoms with Crippen molar-refractivity contribution in [3.63, 3.8) is 0 Å². The summed E-state index contributed by atoms with van der Waals surface area (Å²) in [4.78, 5) is 25.4. The van der Waals surface area contributed by atoms with Gasteiger partial charge in [0.15, 0.2) is 5.78 Å². The molecule has 188 valence electrons. The van der Waals surface area contributed by atoms with E-state index in [1.54, 1.807) is 24.5 Å². The number of anilines is 2. The van der Waals surface area contributed by atoms with Crippen LogP contribution in [-0.4, -0.2) is 75.8 Å². The topological polar surface area (TPSA) is 77.0 Å². The molecule has 11 heteroatoms. The fourth-order valence-corrected chi connectivity index (χ4v) is 3.72. The first-order valence-electron chi connectivity index (χ1n) is 11.7. The Balaban J connectivity index is 1.37. The van der Waals surface area contributed by atoms with Gasteiger partial charge in [0.05, 0.1) is 26.4 Å². The Hall–Kier alpha value is -3.57. The molecule has 2 aromatic heterocycles. The van der Waals surface area contributed by atoms with Crippen molar-refractivity contribution in [2.24, 2.45) is 0 Å². The smallest absolute Gasteiger partial charge is 0.505 e. The molecule has 0 radical (unpaired) electrons. The highest BCUT2D eigenvalue weighted by Crippen LogP contribution is 2.16. The van der Waals surface area contributed by atoms with Gasteiger partial charge in [-0.05, 0) is 59.7 Å². The third kappa shape index (κ3) is 7.72. The fourth-order valence-electron chi connectivity index (χ4n) is 3.72. The van der Waals surface area contributed by atoms with E-state index in [1.165, 1.54) is 12.2 Å². The molecule has 0 amide bonds. The van der Waals surface area contributed by atoms with Crippen molar-refractivity contribution in [2.45, 2.75) is 0 Å². The second kappa shape index (κ2) is 12.9. The molecule has 2 fully saturated rings. The zero-order valence-corrected chi connectivity index (χ0v) is 19.8. The molecule has 0 N–H and O–H groups in total. The van der Waals surface area contributed by atoms with Gasteiger partial charge in [-0.15, -0.1) is 0 Å². The van der Waals surface area contributed by atoms with Gasteiger partial charge in [-0.1, -0.05) is 0 Å². The molecule has 0 aliphatic carbocycles. The fraction of sp³-hybridized carbons (Fsp3) is 0.320. The van der Waals surface area contributed by atoms with Gasteiger partial charge in [-0.25, -0.2) is 18.6 Å². The minimum atomic E-state index is -3.06. The molecule has 2 aromatic rings. The number of hydrogen-bond acceptors (Lipinski definition) is 8. The Morgan fingerprint density at radius 3 is 1.78 bits per heavy atom. The van der Waals surface area contributed by atoms with Crippen molar-refractivity contribution < 1.29 is 27.6 Å². The highest BCUT2D eigenvalue weighted by atomic mass is 19.2. The van der Waals surface area contributed by atoms with Crippen LogP contribution in [0.1, 0.15) is 11.1 Å². The van der Waals surface area contributed by atoms with Gasteiger partial charge in [-0.2, -0.15) is 0 Å². The summed E-state index contributed by atoms with van der Waals surface area (Å²) in [6.07, 6.45) is 10.1. The molecule has 2 saturated heterocycles. The molecule has 0 unspecified atom stereocenters. The van der Waals surface area contributed by atoms with E-state index in [4.69, 9.17) is 9.47 Å². The Morgan fingerprint density at radius 1 is 0.833 bits per heavy atom. The number of morpholine rings is 2. The summed E-state index contributed by atoms with van der Waals surface area (Å²) in [6, 6.07) is 7.39. The summed E-state index contributed by atoms with van der Waals surface area (Å²) in [7, 11) is -3.06. The number of ether oxygens (including phenoxy) is 2. The lowest BCUT2D eigenvalue weighted by Crippen LogP contribution is -2.36. The molecule has 2 aliphatic heterocycles. The minimum absolute atomic E-state index is 0.252. The standard InChI is InChI=1S/C25H27BF2N4O4/c27-26(28)36-23(6-2-21-4-8-25(30-19-21)32-11-15-35-16-12-32)17-22(33)5-1-20-3-7-24(29-18-20)31-9-13-34-14-10-31/h1-8,17-19H,9-16H2/b5-1+,6-2+,23-17-. The monoisotopic (exact) mass is 496 g/mol. The Kier molecular flexibility index (Phi) is 9.18. The van der Waals surface area contributed by atoms with Crippen molar-refractivity contribution in [2.75, 3.05) is 62.4 Å². The first kappa shape index (κ1) is 25.5. The van der Waals surface area contributed by atoms with E-state index < -0.39 is 13.3 Å². The van der Waals surface area contributed by atoms with E-state index in [1.807, 2.05) is 24.3 Å². The van der Waals surface area contributed by atoms with Gasteiger partial charge in [0, 0.05) is 44.6 Å². The summed E-state index contributed by atoms with van der Waals surface area (Å²) < 4.78 is 41.0. The van der Waals surface area contributed by atoms with Gasteiger partial charge in [0.25, 0.3) is 0 Å². The number of allylic oxidation sites excluding steroid dienone is 3. The molecular formula is C25H27BF2N4O4. The van der Waals surface area contributed by atoms with Crippen molar-refractivity contribution in [3.05, 3.63) is 71.8 Å². The van der Waals surface area contributed by atoms with Gasteiger partial charge in [0.2, 0.25) is 0 Å². The van der Waals surface area contributed by atoms with Gasteiger partial charge < -0.3 is 23.9 Å². The van der Waals surface area contributed by atoms with Crippen LogP contribution >= 0.6 is 0 Å². The maximum absolute atomic E-state index is 12.9. The lowest BCUT2D eigenvalue weighted by molar-refractivity contribution is -0.110. The van der Waals surface area contributed by atoms with Crippen LogP contribution in [0.2, 0.25) is 0 Å². The number of rotatable bonds is 9. The number of pyridine rings is 2. The van der Waals surface area contributed by atoms with Crippen molar-refractivity contribution in [1.29, 1.82) is 0 Å². The van der Waals surface area contributed by atoms with E-state index in [0.717, 1.165) is 43.9 Å². The minimum Gasteiger partial charge on any atom is -0.505 e. The normalized spacial score (nSPS) is 17.1. The predicted octanol–water partition coefficient (Wildman–Crippen LogP) is 3.27. The van der Waals surface area contributed by atoms with Crippen LogP contribution in [0, 0.1) is 0 Å². The third-order valence-electron chi connectivity index (χ3n) is 5.60. The molecule has 8 nitrogen and oxygen atoms in total. The second-order valence-electron chi connectivity index (χ2n) is 8.09. The molecule has 36 heavy (non-hydrogen) atoms. The number of halogens is 2. The molecule has 2 aliphatic rings. The number of aromatic nitrogens is 2. The molecule has 4 heterocycles. The van der Waals surface area contributed by atoms with Crippen LogP contribution in [0.4, 0.5) is 20.3 Å². The van der Waals surface area contributed by atoms with Crippen molar-refractivity contribution in [3.8, 4) is 0 Å². The maximum Gasteiger partial charge on any atom is 0.796 e. The van der Waals surface area contributed by atoms with E-state index >= 15 is 0 Å². The molecule has 0 spiro atoms. The molecule has 0 bridgehead atoms. The van der Waals surface area contributed by atoms with Crippen LogP contribution in [0.5, 0.6) is 0 Å². The summed E-state index contributed by atoms with van der Waals surface area (Å²) in [5, 5.41) is 0. The number of carbonyl (C=O) groups is 1. The number of carbonyl (C=O) groups excluding carboxylic acids is 1. The van der Waals surface area contributed by atoms with Crippen molar-refractivity contribution in [1.82, 2.24) is 9.97 Å². The zero-order chi connectivity index (χ0) is 25.2. The average Bonchev–Trinajstić information content (AvgIpc) is 2.92. The highest BCUT2D eigenvalue weighted by molar-refractivity contribution is 6.35. The van der Waals surface area contributed by atoms with Crippen LogP contribution in [0.3, 0.4) is 0 Å². The van der Waals surface area contributed by atoms with Crippen LogP contribution < -0.4 is 9.80 Å². The Bertz CT molecular complexity index is 1080. The van der Waals surface area contributed by atoms with Crippen LogP contribution in [0.15, 0.2) is 60.6 Å². The zero-order valence-electron chi connectivity index (χ0n) is 19.8. The van der Waals surface area contributed by atoms with E-state index in [2.05, 4.69) is 24.4 Å². The molecule has 0 saturated carbocycles. The molecule has 0 atom stereocenters. The summed E-state index contributed by atoms with van der Waals surface area (Å²) in [6.45, 7) is 5.72. The van der Waals surface area contributed by atoms with Gasteiger partial charge in [0.1, 0.15) is 17.4 Å². The molecule has 4 rings (SSSR count). The maximum atomic E-state index is 12.9. The average molecular weight is 496 g/mol. The summed E-state index contributed by atoms with van der Waals surface area (Å²) in [5.74, 6) is 0.917. The number of nitrogens with zero attached hydrogens (tertiary/aromatic N) is 4. The summed E-state index contributed by atoms with van der Waals surface area (Å²) >= 11 is 0. The number of hydrogen-bond donors (Lipinski definition) is 0. The van der Waals surface area contributed by atoms with Crippen LogP contribution in [0.25, 0.3) is 12.2 Å². The Morgan fingerprint density at radius 2 is 1.33 bits per heavy atom. The highest BCUT2D eigenvalue weighted by Gasteiger charge is 2.18. The quantitative estimate of drug-likeness (QED) is 0.227. The molecular weight excluding hydrogens is 469 g/mol. The predicted molar refractivity (Wildman–Crippen MR) is 135 cm³/mol. The lowest BCUT2D eigenvalue weighted by Gasteiger charge is -2.27. The van der Waals surface area contributed by atoms with Gasteiger partial charge >= 0.3 is 7.47 Å². The summed E-state index contributed by atoms with van der Waals surface area (Å²) in [5.41, 5.74) is 1.40. The van der Waals surface area contributed by atoms with Gasteiger partial charge in [-0.3, -0.25) is 4.79 Å². The second-order valence-corrected chi connectivity index (χ2v) is 8.09. The first-order valence-corrected chi connectivity index (χ1v) is 11.7. The Labute approximate surface area is 209 Å². The first-order chi connectivity index (χ1) is 17.6. The lowest BCUT2D eigenvalue weighted by atomic mass is 10.2.